The number of aryl methyl sites for hydroxylation is 1. The normalized spacial score (nSPS) is 11.3. The minimum Gasteiger partial charge on any atom is -0.494 e. The SMILES string of the molecule is Cc1ccc(C(C)C)c(OCC(=O)NN=Cc2ccc(OCCC(C)C)cc2)c1. The Kier molecular flexibility index (Phi) is 8.71. The zero-order valence-electron chi connectivity index (χ0n) is 18.1. The molecule has 5 heteroatoms. The number of hydrogen-bond acceptors (Lipinski definition) is 4. The highest BCUT2D eigenvalue weighted by atomic mass is 16.5. The molecule has 0 aliphatic carbocycles. The summed E-state index contributed by atoms with van der Waals surface area (Å²) in [6.45, 7) is 11.2. The van der Waals surface area contributed by atoms with E-state index in [1.165, 1.54) is 0 Å². The minimum atomic E-state index is -0.300. The molecule has 0 bridgehead atoms. The third-order valence-electron chi connectivity index (χ3n) is 4.40. The fraction of sp³-hybridized carbons (Fsp3) is 0.417. The van der Waals surface area contributed by atoms with Gasteiger partial charge < -0.3 is 9.47 Å². The van der Waals surface area contributed by atoms with Crippen molar-refractivity contribution in [3.63, 3.8) is 0 Å². The van der Waals surface area contributed by atoms with Gasteiger partial charge in [0.05, 0.1) is 12.8 Å². The highest BCUT2D eigenvalue weighted by molar-refractivity contribution is 5.83. The Morgan fingerprint density at radius 1 is 1.07 bits per heavy atom. The molecular formula is C24H32N2O3. The zero-order chi connectivity index (χ0) is 21.2. The van der Waals surface area contributed by atoms with E-state index in [-0.39, 0.29) is 12.5 Å². The molecule has 2 rings (SSSR count). The number of rotatable bonds is 10. The lowest BCUT2D eigenvalue weighted by Crippen LogP contribution is -2.25. The van der Waals surface area contributed by atoms with Crippen LogP contribution in [-0.4, -0.2) is 25.3 Å². The van der Waals surface area contributed by atoms with Crippen LogP contribution in [0.15, 0.2) is 47.6 Å². The number of carbonyl (C=O) groups excluding carboxylic acids is 1. The smallest absolute Gasteiger partial charge is 0.277 e. The molecule has 1 N–H and O–H groups in total. The van der Waals surface area contributed by atoms with Crippen LogP contribution in [0.3, 0.4) is 0 Å². The van der Waals surface area contributed by atoms with E-state index in [9.17, 15) is 4.79 Å². The molecule has 0 radical (unpaired) electrons. The first kappa shape index (κ1) is 22.5. The first-order valence-electron chi connectivity index (χ1n) is 10.1. The maximum Gasteiger partial charge on any atom is 0.277 e. The van der Waals surface area contributed by atoms with Crippen LogP contribution in [0.25, 0.3) is 0 Å². The Morgan fingerprint density at radius 2 is 1.79 bits per heavy atom. The number of carbonyl (C=O) groups is 1. The number of nitrogens with one attached hydrogen (secondary N) is 1. The number of amides is 1. The number of nitrogens with zero attached hydrogens (tertiary/aromatic N) is 1. The van der Waals surface area contributed by atoms with E-state index >= 15 is 0 Å². The lowest BCUT2D eigenvalue weighted by molar-refractivity contribution is -0.123. The Bertz CT molecular complexity index is 811. The molecule has 29 heavy (non-hydrogen) atoms. The second-order valence-corrected chi connectivity index (χ2v) is 7.88. The Morgan fingerprint density at radius 3 is 2.45 bits per heavy atom. The summed E-state index contributed by atoms with van der Waals surface area (Å²) in [7, 11) is 0. The highest BCUT2D eigenvalue weighted by Crippen LogP contribution is 2.27. The van der Waals surface area contributed by atoms with E-state index < -0.39 is 0 Å². The van der Waals surface area contributed by atoms with Crippen molar-refractivity contribution < 1.29 is 14.3 Å². The summed E-state index contributed by atoms with van der Waals surface area (Å²) in [6.07, 6.45) is 2.63. The lowest BCUT2D eigenvalue weighted by atomic mass is 10.0. The second-order valence-electron chi connectivity index (χ2n) is 7.88. The summed E-state index contributed by atoms with van der Waals surface area (Å²) in [5.41, 5.74) is 5.56. The average molecular weight is 397 g/mol. The van der Waals surface area contributed by atoms with E-state index in [2.05, 4.69) is 38.2 Å². The molecule has 0 aromatic heterocycles. The largest absolute Gasteiger partial charge is 0.494 e. The van der Waals surface area contributed by atoms with Gasteiger partial charge in [0.15, 0.2) is 6.61 Å². The molecule has 0 unspecified atom stereocenters. The van der Waals surface area contributed by atoms with Crippen molar-refractivity contribution >= 4 is 12.1 Å². The second kappa shape index (κ2) is 11.2. The molecule has 0 atom stereocenters. The monoisotopic (exact) mass is 396 g/mol. The van der Waals surface area contributed by atoms with Crippen molar-refractivity contribution in [2.24, 2.45) is 11.0 Å². The van der Waals surface area contributed by atoms with Gasteiger partial charge in [-0.25, -0.2) is 5.43 Å². The molecular weight excluding hydrogens is 364 g/mol. The van der Waals surface area contributed by atoms with Gasteiger partial charge in [-0.15, -0.1) is 0 Å². The van der Waals surface area contributed by atoms with Crippen LogP contribution in [0.4, 0.5) is 0 Å². The van der Waals surface area contributed by atoms with E-state index in [0.717, 1.165) is 34.6 Å². The molecule has 0 saturated carbocycles. The van der Waals surface area contributed by atoms with Gasteiger partial charge in [-0.05, 0) is 72.2 Å². The molecule has 156 valence electrons. The van der Waals surface area contributed by atoms with Crippen molar-refractivity contribution in [2.45, 2.75) is 47.0 Å². The quantitative estimate of drug-likeness (QED) is 0.450. The van der Waals surface area contributed by atoms with E-state index in [1.54, 1.807) is 6.21 Å². The molecule has 1 amide bonds. The van der Waals surface area contributed by atoms with E-state index in [1.807, 2.05) is 49.4 Å². The molecule has 0 aliphatic heterocycles. The minimum absolute atomic E-state index is 0.0802. The summed E-state index contributed by atoms with van der Waals surface area (Å²) in [5.74, 6) is 2.22. The Balaban J connectivity index is 1.80. The van der Waals surface area contributed by atoms with Crippen molar-refractivity contribution in [2.75, 3.05) is 13.2 Å². The van der Waals surface area contributed by atoms with Crippen LogP contribution in [0.2, 0.25) is 0 Å². The van der Waals surface area contributed by atoms with E-state index in [4.69, 9.17) is 9.47 Å². The predicted octanol–water partition coefficient (Wildman–Crippen LogP) is 5.07. The van der Waals surface area contributed by atoms with Crippen LogP contribution in [-0.2, 0) is 4.79 Å². The summed E-state index contributed by atoms with van der Waals surface area (Å²) < 4.78 is 11.4. The Labute approximate surface area is 174 Å². The topological polar surface area (TPSA) is 59.9 Å². The summed E-state index contributed by atoms with van der Waals surface area (Å²) in [6, 6.07) is 13.7. The molecule has 0 fully saturated rings. The van der Waals surface area contributed by atoms with Gasteiger partial charge in [0, 0.05) is 0 Å². The number of hydrazone groups is 1. The predicted molar refractivity (Wildman–Crippen MR) is 118 cm³/mol. The first-order valence-corrected chi connectivity index (χ1v) is 10.1. The number of hydrogen-bond donors (Lipinski definition) is 1. The molecule has 2 aromatic rings. The van der Waals surface area contributed by atoms with Crippen molar-refractivity contribution in [1.29, 1.82) is 0 Å². The highest BCUT2D eigenvalue weighted by Gasteiger charge is 2.10. The molecule has 0 aliphatic rings. The third kappa shape index (κ3) is 7.98. The molecule has 0 heterocycles. The molecule has 0 saturated heterocycles. The van der Waals surface area contributed by atoms with Crippen molar-refractivity contribution in [3.05, 3.63) is 59.2 Å². The Hall–Kier alpha value is -2.82. The lowest BCUT2D eigenvalue weighted by Gasteiger charge is -2.14. The molecule has 0 spiro atoms. The van der Waals surface area contributed by atoms with Gasteiger partial charge in [0.1, 0.15) is 11.5 Å². The zero-order valence-corrected chi connectivity index (χ0v) is 18.1. The van der Waals surface area contributed by atoms with Gasteiger partial charge in [-0.3, -0.25) is 4.79 Å². The van der Waals surface area contributed by atoms with Crippen LogP contribution < -0.4 is 14.9 Å². The van der Waals surface area contributed by atoms with Crippen LogP contribution in [0.1, 0.15) is 56.7 Å². The van der Waals surface area contributed by atoms with Crippen molar-refractivity contribution in [3.8, 4) is 11.5 Å². The van der Waals surface area contributed by atoms with Crippen LogP contribution in [0.5, 0.6) is 11.5 Å². The summed E-state index contributed by atoms with van der Waals surface area (Å²) in [5, 5.41) is 4.00. The van der Waals surface area contributed by atoms with Gasteiger partial charge in [0.25, 0.3) is 5.91 Å². The van der Waals surface area contributed by atoms with Crippen LogP contribution >= 0.6 is 0 Å². The third-order valence-corrected chi connectivity index (χ3v) is 4.40. The maximum atomic E-state index is 12.0. The molecule has 2 aromatic carbocycles. The van der Waals surface area contributed by atoms with E-state index in [0.29, 0.717) is 18.4 Å². The number of benzene rings is 2. The summed E-state index contributed by atoms with van der Waals surface area (Å²) >= 11 is 0. The maximum absolute atomic E-state index is 12.0. The van der Waals surface area contributed by atoms with Gasteiger partial charge in [-0.2, -0.15) is 5.10 Å². The standard InChI is InChI=1S/C24H32N2O3/c1-17(2)12-13-28-21-9-7-20(8-10-21)15-25-26-24(27)16-29-23-14-19(5)6-11-22(23)18(3)4/h6-11,14-15,17-18H,12-13,16H2,1-5H3,(H,26,27). The fourth-order valence-electron chi connectivity index (χ4n) is 2.66. The molecule has 5 nitrogen and oxygen atoms in total. The average Bonchev–Trinajstić information content (AvgIpc) is 2.67. The van der Waals surface area contributed by atoms with Crippen LogP contribution in [0, 0.1) is 12.8 Å². The first-order chi connectivity index (χ1) is 13.8. The number of ether oxygens (including phenoxy) is 2. The summed E-state index contributed by atoms with van der Waals surface area (Å²) in [4.78, 5) is 12.0. The van der Waals surface area contributed by atoms with Gasteiger partial charge >= 0.3 is 0 Å². The fourth-order valence-corrected chi connectivity index (χ4v) is 2.66. The van der Waals surface area contributed by atoms with Gasteiger partial charge in [0.2, 0.25) is 0 Å². The van der Waals surface area contributed by atoms with Crippen molar-refractivity contribution in [1.82, 2.24) is 5.43 Å². The van der Waals surface area contributed by atoms with Gasteiger partial charge in [-0.1, -0.05) is 39.8 Å².